The van der Waals surface area contributed by atoms with Crippen LogP contribution in [0.4, 0.5) is 0 Å². The van der Waals surface area contributed by atoms with Crippen LogP contribution in [0.2, 0.25) is 0 Å². The standard InChI is InChI=1S/C13H15N3O3/c1-9(13(18)14-7-12(17)19-2)16-8-15-10-5-3-4-6-11(10)16/h3-6,8-9H,7H2,1-2H3,(H,14,18). The zero-order valence-corrected chi connectivity index (χ0v) is 10.8. The Morgan fingerprint density at radius 2 is 2.16 bits per heavy atom. The van der Waals surface area contributed by atoms with E-state index in [1.54, 1.807) is 17.8 Å². The van der Waals surface area contributed by atoms with Crippen molar-refractivity contribution in [2.45, 2.75) is 13.0 Å². The molecule has 0 aliphatic carbocycles. The van der Waals surface area contributed by atoms with Crippen LogP contribution in [0.1, 0.15) is 13.0 Å². The number of ether oxygens (including phenoxy) is 1. The fourth-order valence-corrected chi connectivity index (χ4v) is 1.79. The van der Waals surface area contributed by atoms with Crippen LogP contribution in [0.15, 0.2) is 30.6 Å². The Balaban J connectivity index is 2.13. The summed E-state index contributed by atoms with van der Waals surface area (Å²) < 4.78 is 6.23. The summed E-state index contributed by atoms with van der Waals surface area (Å²) in [5, 5.41) is 2.52. The molecule has 6 heteroatoms. The molecule has 1 aromatic heterocycles. The molecule has 100 valence electrons. The molecule has 1 heterocycles. The summed E-state index contributed by atoms with van der Waals surface area (Å²) in [5.74, 6) is -0.732. The fourth-order valence-electron chi connectivity index (χ4n) is 1.79. The highest BCUT2D eigenvalue weighted by molar-refractivity contribution is 5.86. The number of hydrogen-bond donors (Lipinski definition) is 1. The van der Waals surface area contributed by atoms with Gasteiger partial charge in [0.05, 0.1) is 24.5 Å². The molecule has 0 fully saturated rings. The van der Waals surface area contributed by atoms with E-state index in [1.165, 1.54) is 7.11 Å². The van der Waals surface area contributed by atoms with Crippen molar-refractivity contribution in [1.29, 1.82) is 0 Å². The second kappa shape index (κ2) is 5.51. The molecule has 19 heavy (non-hydrogen) atoms. The molecule has 2 rings (SSSR count). The normalized spacial score (nSPS) is 12.1. The summed E-state index contributed by atoms with van der Waals surface area (Å²) in [4.78, 5) is 27.1. The molecule has 1 aromatic carbocycles. The Morgan fingerprint density at radius 3 is 2.89 bits per heavy atom. The molecule has 2 aromatic rings. The average Bonchev–Trinajstić information content (AvgIpc) is 2.87. The monoisotopic (exact) mass is 261 g/mol. The SMILES string of the molecule is COC(=O)CNC(=O)C(C)n1cnc2ccccc21. The fraction of sp³-hybridized carbons (Fsp3) is 0.308. The van der Waals surface area contributed by atoms with Crippen LogP contribution >= 0.6 is 0 Å². The van der Waals surface area contributed by atoms with Gasteiger partial charge < -0.3 is 14.6 Å². The lowest BCUT2D eigenvalue weighted by atomic mass is 10.2. The van der Waals surface area contributed by atoms with Gasteiger partial charge in [-0.05, 0) is 19.1 Å². The Kier molecular flexibility index (Phi) is 3.79. The van der Waals surface area contributed by atoms with E-state index in [9.17, 15) is 9.59 Å². The van der Waals surface area contributed by atoms with Crippen molar-refractivity contribution in [3.8, 4) is 0 Å². The first kappa shape index (κ1) is 13.1. The van der Waals surface area contributed by atoms with E-state index >= 15 is 0 Å². The van der Waals surface area contributed by atoms with Crippen molar-refractivity contribution in [2.24, 2.45) is 0 Å². The van der Waals surface area contributed by atoms with E-state index in [-0.39, 0.29) is 12.5 Å². The number of fused-ring (bicyclic) bond motifs is 1. The molecular weight excluding hydrogens is 246 g/mol. The van der Waals surface area contributed by atoms with Crippen LogP contribution in [-0.4, -0.2) is 35.1 Å². The molecule has 0 aliphatic rings. The van der Waals surface area contributed by atoms with Gasteiger partial charge in [0.25, 0.3) is 0 Å². The van der Waals surface area contributed by atoms with Crippen molar-refractivity contribution in [3.63, 3.8) is 0 Å². The maximum Gasteiger partial charge on any atom is 0.325 e. The first-order valence-electron chi connectivity index (χ1n) is 5.89. The molecule has 1 atom stereocenters. The molecule has 0 saturated heterocycles. The van der Waals surface area contributed by atoms with Crippen LogP contribution in [0.5, 0.6) is 0 Å². The minimum Gasteiger partial charge on any atom is -0.468 e. The largest absolute Gasteiger partial charge is 0.468 e. The van der Waals surface area contributed by atoms with Gasteiger partial charge in [-0.25, -0.2) is 4.98 Å². The lowest BCUT2D eigenvalue weighted by molar-refractivity contribution is -0.141. The van der Waals surface area contributed by atoms with Crippen LogP contribution < -0.4 is 5.32 Å². The molecule has 0 bridgehead atoms. The van der Waals surface area contributed by atoms with Gasteiger partial charge in [-0.2, -0.15) is 0 Å². The third-order valence-corrected chi connectivity index (χ3v) is 2.91. The van der Waals surface area contributed by atoms with Crippen molar-refractivity contribution < 1.29 is 14.3 Å². The highest BCUT2D eigenvalue weighted by Crippen LogP contribution is 2.17. The predicted octanol–water partition coefficient (Wildman–Crippen LogP) is 0.886. The number of nitrogens with zero attached hydrogens (tertiary/aromatic N) is 2. The lowest BCUT2D eigenvalue weighted by Crippen LogP contribution is -2.35. The smallest absolute Gasteiger partial charge is 0.325 e. The number of rotatable bonds is 4. The van der Waals surface area contributed by atoms with E-state index in [0.717, 1.165) is 11.0 Å². The zero-order chi connectivity index (χ0) is 13.8. The van der Waals surface area contributed by atoms with E-state index < -0.39 is 12.0 Å². The van der Waals surface area contributed by atoms with Crippen molar-refractivity contribution in [2.75, 3.05) is 13.7 Å². The summed E-state index contributed by atoms with van der Waals surface area (Å²) >= 11 is 0. The number of carbonyl (C=O) groups is 2. The van der Waals surface area contributed by atoms with Gasteiger partial charge in [0.1, 0.15) is 12.6 Å². The lowest BCUT2D eigenvalue weighted by Gasteiger charge is -2.13. The number of benzene rings is 1. The van der Waals surface area contributed by atoms with Crippen molar-refractivity contribution in [1.82, 2.24) is 14.9 Å². The predicted molar refractivity (Wildman–Crippen MR) is 69.5 cm³/mol. The number of amides is 1. The van der Waals surface area contributed by atoms with Crippen LogP contribution in [0, 0.1) is 0 Å². The first-order valence-corrected chi connectivity index (χ1v) is 5.89. The number of carbonyl (C=O) groups excluding carboxylic acids is 2. The van der Waals surface area contributed by atoms with Crippen LogP contribution in [-0.2, 0) is 14.3 Å². The van der Waals surface area contributed by atoms with Crippen molar-refractivity contribution in [3.05, 3.63) is 30.6 Å². The van der Waals surface area contributed by atoms with E-state index in [0.29, 0.717) is 0 Å². The topological polar surface area (TPSA) is 73.2 Å². The van der Waals surface area contributed by atoms with Gasteiger partial charge in [0.15, 0.2) is 0 Å². The Bertz CT molecular complexity index is 606. The molecular formula is C13H15N3O3. The zero-order valence-electron chi connectivity index (χ0n) is 10.8. The number of esters is 1. The Hall–Kier alpha value is -2.37. The first-order chi connectivity index (χ1) is 9.13. The summed E-state index contributed by atoms with van der Waals surface area (Å²) in [5.41, 5.74) is 1.71. The molecule has 6 nitrogen and oxygen atoms in total. The molecule has 0 radical (unpaired) electrons. The number of methoxy groups -OCH3 is 1. The van der Waals surface area contributed by atoms with Gasteiger partial charge in [-0.3, -0.25) is 9.59 Å². The van der Waals surface area contributed by atoms with E-state index in [2.05, 4.69) is 15.0 Å². The quantitative estimate of drug-likeness (QED) is 0.829. The van der Waals surface area contributed by atoms with Gasteiger partial charge in [0.2, 0.25) is 5.91 Å². The number of imidazole rings is 1. The van der Waals surface area contributed by atoms with Gasteiger partial charge in [-0.15, -0.1) is 0 Å². The molecule has 1 unspecified atom stereocenters. The van der Waals surface area contributed by atoms with Crippen molar-refractivity contribution >= 4 is 22.9 Å². The van der Waals surface area contributed by atoms with E-state index in [4.69, 9.17) is 0 Å². The van der Waals surface area contributed by atoms with Gasteiger partial charge in [-0.1, -0.05) is 12.1 Å². The maximum atomic E-state index is 11.9. The summed E-state index contributed by atoms with van der Waals surface area (Å²) in [6.07, 6.45) is 1.62. The van der Waals surface area contributed by atoms with Gasteiger partial charge >= 0.3 is 5.97 Å². The number of aromatic nitrogens is 2. The maximum absolute atomic E-state index is 11.9. The molecule has 1 N–H and O–H groups in total. The third kappa shape index (κ3) is 2.73. The third-order valence-electron chi connectivity index (χ3n) is 2.91. The number of para-hydroxylation sites is 2. The summed E-state index contributed by atoms with van der Waals surface area (Å²) in [6, 6.07) is 7.11. The highest BCUT2D eigenvalue weighted by Gasteiger charge is 2.17. The van der Waals surface area contributed by atoms with E-state index in [1.807, 2.05) is 24.3 Å². The average molecular weight is 261 g/mol. The summed E-state index contributed by atoms with van der Waals surface area (Å²) in [6.45, 7) is 1.62. The minimum absolute atomic E-state index is 0.133. The Labute approximate surface area is 110 Å². The second-order valence-corrected chi connectivity index (χ2v) is 4.11. The second-order valence-electron chi connectivity index (χ2n) is 4.11. The van der Waals surface area contributed by atoms with Crippen LogP contribution in [0.25, 0.3) is 11.0 Å². The van der Waals surface area contributed by atoms with Gasteiger partial charge in [0, 0.05) is 0 Å². The number of nitrogens with one attached hydrogen (secondary N) is 1. The molecule has 1 amide bonds. The molecule has 0 saturated carbocycles. The Morgan fingerprint density at radius 1 is 1.42 bits per heavy atom. The summed E-state index contributed by atoms with van der Waals surface area (Å²) in [7, 11) is 1.28. The highest BCUT2D eigenvalue weighted by atomic mass is 16.5. The number of hydrogen-bond acceptors (Lipinski definition) is 4. The minimum atomic E-state index is -0.476. The van der Waals surface area contributed by atoms with Crippen LogP contribution in [0.3, 0.4) is 0 Å². The molecule has 0 spiro atoms. The molecule has 0 aliphatic heterocycles.